The molecule has 0 aliphatic heterocycles. The maximum Gasteiger partial charge on any atom is 0.452 e. The van der Waals surface area contributed by atoms with Crippen molar-refractivity contribution >= 4 is 12.1 Å². The zero-order chi connectivity index (χ0) is 9.56. The van der Waals surface area contributed by atoms with Crippen molar-refractivity contribution in [2.24, 2.45) is 10.2 Å². The molecule has 6 heteroatoms. The minimum absolute atomic E-state index is 0.118. The molecule has 1 N–H and O–H groups in total. The van der Waals surface area contributed by atoms with E-state index in [2.05, 4.69) is 15.0 Å². The molecule has 0 rings (SSSR count). The molecular weight excluding hydrogens is 164 g/mol. The molecule has 6 nitrogen and oxygen atoms in total. The van der Waals surface area contributed by atoms with Crippen LogP contribution in [0.2, 0.25) is 0 Å². The smallest absolute Gasteiger partial charge is 0.452 e. The van der Waals surface area contributed by atoms with Crippen LogP contribution in [0.4, 0.5) is 4.79 Å². The third kappa shape index (κ3) is 5.10. The third-order valence-electron chi connectivity index (χ3n) is 0.796. The maximum atomic E-state index is 10.3. The van der Waals surface area contributed by atoms with Crippen LogP contribution < -0.4 is 0 Å². The number of carboxylic acids is 1. The van der Waals surface area contributed by atoms with Crippen molar-refractivity contribution < 1.29 is 19.4 Å². The molecule has 0 fully saturated rings. The van der Waals surface area contributed by atoms with Gasteiger partial charge < -0.3 is 9.84 Å². The molecule has 0 saturated carbocycles. The van der Waals surface area contributed by atoms with Crippen molar-refractivity contribution in [3.63, 3.8) is 0 Å². The fraction of sp³-hybridized carbons (Fsp3) is 0.333. The second-order valence-corrected chi connectivity index (χ2v) is 1.79. The number of hydrogen-bond acceptors (Lipinski definition) is 4. The summed E-state index contributed by atoms with van der Waals surface area (Å²) >= 11 is 0. The number of rotatable bonds is 2. The minimum atomic E-state index is -1.14. The Kier molecular flexibility index (Phi) is 4.28. The summed E-state index contributed by atoms with van der Waals surface area (Å²) < 4.78 is 4.13. The summed E-state index contributed by atoms with van der Waals surface area (Å²) in [5.41, 5.74) is 0.118. The summed E-state index contributed by atoms with van der Waals surface area (Å²) in [6.45, 7) is 1.40. The highest BCUT2D eigenvalue weighted by atomic mass is 16.5. The molecule has 0 atom stereocenters. The SMILES string of the molecule is COC(=O)N=N/C(C)=C\C(=O)O. The highest BCUT2D eigenvalue weighted by molar-refractivity contribution is 5.80. The molecule has 0 aliphatic rings. The van der Waals surface area contributed by atoms with E-state index < -0.39 is 12.1 Å². The lowest BCUT2D eigenvalue weighted by Crippen LogP contribution is -1.91. The van der Waals surface area contributed by atoms with Crippen molar-refractivity contribution in [3.05, 3.63) is 11.8 Å². The van der Waals surface area contributed by atoms with Gasteiger partial charge in [-0.05, 0) is 6.92 Å². The zero-order valence-electron chi connectivity index (χ0n) is 6.64. The van der Waals surface area contributed by atoms with Gasteiger partial charge in [0.2, 0.25) is 0 Å². The van der Waals surface area contributed by atoms with E-state index in [1.54, 1.807) is 0 Å². The lowest BCUT2D eigenvalue weighted by Gasteiger charge is -1.88. The predicted molar refractivity (Wildman–Crippen MR) is 38.7 cm³/mol. The largest absolute Gasteiger partial charge is 0.478 e. The van der Waals surface area contributed by atoms with Gasteiger partial charge in [-0.2, -0.15) is 0 Å². The van der Waals surface area contributed by atoms with E-state index in [4.69, 9.17) is 5.11 Å². The monoisotopic (exact) mass is 172 g/mol. The molecule has 0 unspecified atom stereocenters. The summed E-state index contributed by atoms with van der Waals surface area (Å²) in [4.78, 5) is 20.4. The summed E-state index contributed by atoms with van der Waals surface area (Å²) in [5, 5.41) is 14.5. The molecule has 0 bridgehead atoms. The van der Waals surface area contributed by atoms with E-state index in [9.17, 15) is 9.59 Å². The van der Waals surface area contributed by atoms with Crippen molar-refractivity contribution in [2.45, 2.75) is 6.92 Å². The first-order chi connectivity index (χ1) is 5.56. The van der Waals surface area contributed by atoms with E-state index in [0.717, 1.165) is 13.2 Å². The van der Waals surface area contributed by atoms with Gasteiger partial charge in [-0.1, -0.05) is 5.11 Å². The average molecular weight is 172 g/mol. The first kappa shape index (κ1) is 10.3. The molecule has 1 amide bonds. The van der Waals surface area contributed by atoms with E-state index in [-0.39, 0.29) is 5.70 Å². The van der Waals surface area contributed by atoms with Crippen LogP contribution in [0.1, 0.15) is 6.92 Å². The Hall–Kier alpha value is -1.72. The van der Waals surface area contributed by atoms with Crippen molar-refractivity contribution in [1.29, 1.82) is 0 Å². The maximum absolute atomic E-state index is 10.3. The Morgan fingerprint density at radius 3 is 2.42 bits per heavy atom. The summed E-state index contributed by atoms with van der Waals surface area (Å²) in [6.07, 6.45) is -0.0416. The second kappa shape index (κ2) is 5.00. The lowest BCUT2D eigenvalue weighted by atomic mass is 10.4. The van der Waals surface area contributed by atoms with Crippen LogP contribution in [0.3, 0.4) is 0 Å². The van der Waals surface area contributed by atoms with Crippen LogP contribution in [0, 0.1) is 0 Å². The number of ether oxygens (including phenoxy) is 1. The number of amides is 1. The lowest BCUT2D eigenvalue weighted by molar-refractivity contribution is -0.131. The van der Waals surface area contributed by atoms with Crippen LogP contribution in [-0.2, 0) is 9.53 Å². The van der Waals surface area contributed by atoms with Gasteiger partial charge >= 0.3 is 12.1 Å². The molecule has 0 saturated heterocycles. The number of methoxy groups -OCH3 is 1. The van der Waals surface area contributed by atoms with Gasteiger partial charge in [-0.3, -0.25) is 0 Å². The number of carbonyl (C=O) groups excluding carboxylic acids is 1. The molecule has 0 heterocycles. The minimum Gasteiger partial charge on any atom is -0.478 e. The molecule has 0 aliphatic carbocycles. The van der Waals surface area contributed by atoms with E-state index >= 15 is 0 Å². The van der Waals surface area contributed by atoms with E-state index in [1.165, 1.54) is 6.92 Å². The third-order valence-corrected chi connectivity index (χ3v) is 0.796. The van der Waals surface area contributed by atoms with Crippen molar-refractivity contribution in [1.82, 2.24) is 0 Å². The van der Waals surface area contributed by atoms with Crippen LogP contribution in [0.5, 0.6) is 0 Å². The Bertz CT molecular complexity index is 244. The van der Waals surface area contributed by atoms with E-state index in [1.807, 2.05) is 0 Å². The topological polar surface area (TPSA) is 88.3 Å². The molecule has 66 valence electrons. The molecular formula is C6H8N2O4. The van der Waals surface area contributed by atoms with Gasteiger partial charge in [0.15, 0.2) is 0 Å². The van der Waals surface area contributed by atoms with Gasteiger partial charge in [-0.25, -0.2) is 9.59 Å². The highest BCUT2D eigenvalue weighted by Gasteiger charge is 1.95. The first-order valence-electron chi connectivity index (χ1n) is 2.97. The number of allylic oxidation sites excluding steroid dienone is 1. The van der Waals surface area contributed by atoms with Crippen LogP contribution in [-0.4, -0.2) is 24.3 Å². The summed E-state index contributed by atoms with van der Waals surface area (Å²) in [7, 11) is 1.15. The van der Waals surface area contributed by atoms with Crippen molar-refractivity contribution in [3.8, 4) is 0 Å². The Morgan fingerprint density at radius 2 is 2.00 bits per heavy atom. The molecule has 0 spiro atoms. The van der Waals surface area contributed by atoms with Crippen LogP contribution in [0.15, 0.2) is 22.0 Å². The fourth-order valence-electron chi connectivity index (χ4n) is 0.368. The summed E-state index contributed by atoms with van der Waals surface area (Å²) in [5.74, 6) is -1.14. The highest BCUT2D eigenvalue weighted by Crippen LogP contribution is 1.95. The van der Waals surface area contributed by atoms with Gasteiger partial charge in [0, 0.05) is 6.08 Å². The summed E-state index contributed by atoms with van der Waals surface area (Å²) in [6, 6.07) is 0. The van der Waals surface area contributed by atoms with Gasteiger partial charge in [0.1, 0.15) is 0 Å². The van der Waals surface area contributed by atoms with Crippen LogP contribution in [0.25, 0.3) is 0 Å². The average Bonchev–Trinajstić information content (AvgIpc) is 1.99. The fourth-order valence-corrected chi connectivity index (χ4v) is 0.368. The molecule has 12 heavy (non-hydrogen) atoms. The van der Waals surface area contributed by atoms with Gasteiger partial charge in [0.25, 0.3) is 0 Å². The number of hydrogen-bond donors (Lipinski definition) is 1. The van der Waals surface area contributed by atoms with Gasteiger partial charge in [-0.15, -0.1) is 5.11 Å². The van der Waals surface area contributed by atoms with Crippen molar-refractivity contribution in [2.75, 3.05) is 7.11 Å². The number of azo groups is 1. The Labute approximate surface area is 68.6 Å². The molecule has 0 radical (unpaired) electrons. The van der Waals surface area contributed by atoms with E-state index in [0.29, 0.717) is 0 Å². The normalized spacial score (nSPS) is 11.7. The number of nitrogens with zero attached hydrogens (tertiary/aromatic N) is 2. The number of aliphatic carboxylic acids is 1. The predicted octanol–water partition coefficient (Wildman–Crippen LogP) is 1.19. The number of carbonyl (C=O) groups is 2. The molecule has 0 aromatic carbocycles. The Morgan fingerprint density at radius 1 is 1.42 bits per heavy atom. The quantitative estimate of drug-likeness (QED) is 0.500. The second-order valence-electron chi connectivity index (χ2n) is 1.79. The number of carboxylic acid groups (broad SMARTS) is 1. The molecule has 0 aromatic heterocycles. The zero-order valence-corrected chi connectivity index (χ0v) is 6.64. The van der Waals surface area contributed by atoms with Crippen LogP contribution >= 0.6 is 0 Å². The Balaban J connectivity index is 4.17. The van der Waals surface area contributed by atoms with Gasteiger partial charge in [0.05, 0.1) is 12.8 Å². The molecule has 0 aromatic rings. The standard InChI is InChI=1S/C6H8N2O4/c1-4(3-5(9)10)7-8-6(11)12-2/h3H,1-2H3,(H,9,10)/b4-3-,8-7?. The first-order valence-corrected chi connectivity index (χ1v) is 2.97.